The zero-order chi connectivity index (χ0) is 16.1. The maximum atomic E-state index is 12.7. The van der Waals surface area contributed by atoms with Gasteiger partial charge in [0.15, 0.2) is 0 Å². The molecule has 2 N–H and O–H groups in total. The standard InChI is InChI=1S/C14H18F3N3O/c1-3-13(4-2,9-21)8-19-12-10(7-18)5-6-11(20-12)14(15,16)17/h5-6,21H,3-4,8-9H2,1-2H3,(H,19,20). The molecular weight excluding hydrogens is 283 g/mol. The summed E-state index contributed by atoms with van der Waals surface area (Å²) in [6.45, 7) is 3.95. The van der Waals surface area contributed by atoms with Crippen molar-refractivity contribution in [3.8, 4) is 6.07 Å². The minimum Gasteiger partial charge on any atom is -0.396 e. The molecule has 0 aliphatic heterocycles. The van der Waals surface area contributed by atoms with Gasteiger partial charge in [-0.05, 0) is 25.0 Å². The van der Waals surface area contributed by atoms with Crippen LogP contribution in [0.5, 0.6) is 0 Å². The number of alkyl halides is 3. The molecule has 1 aromatic heterocycles. The zero-order valence-corrected chi connectivity index (χ0v) is 12.0. The quantitative estimate of drug-likeness (QED) is 0.846. The number of halogens is 3. The molecule has 0 radical (unpaired) electrons. The van der Waals surface area contributed by atoms with Gasteiger partial charge in [0, 0.05) is 12.0 Å². The highest BCUT2D eigenvalue weighted by molar-refractivity contribution is 5.52. The van der Waals surface area contributed by atoms with E-state index in [1.807, 2.05) is 19.9 Å². The lowest BCUT2D eigenvalue weighted by atomic mass is 9.83. The van der Waals surface area contributed by atoms with Crippen LogP contribution in [0, 0.1) is 16.7 Å². The van der Waals surface area contributed by atoms with E-state index in [-0.39, 0.29) is 24.5 Å². The van der Waals surface area contributed by atoms with Crippen molar-refractivity contribution in [2.45, 2.75) is 32.9 Å². The van der Waals surface area contributed by atoms with Gasteiger partial charge in [0.25, 0.3) is 0 Å². The minimum atomic E-state index is -4.56. The molecule has 0 aromatic carbocycles. The van der Waals surface area contributed by atoms with Crippen molar-refractivity contribution >= 4 is 5.82 Å². The summed E-state index contributed by atoms with van der Waals surface area (Å²) in [5, 5.41) is 21.2. The largest absolute Gasteiger partial charge is 0.433 e. The summed E-state index contributed by atoms with van der Waals surface area (Å²) in [6.07, 6.45) is -3.24. The number of nitriles is 1. The molecule has 116 valence electrons. The summed E-state index contributed by atoms with van der Waals surface area (Å²) < 4.78 is 38.0. The summed E-state index contributed by atoms with van der Waals surface area (Å²) in [7, 11) is 0. The summed E-state index contributed by atoms with van der Waals surface area (Å²) in [5.74, 6) is -0.105. The maximum Gasteiger partial charge on any atom is 0.433 e. The van der Waals surface area contributed by atoms with Crippen molar-refractivity contribution in [3.05, 3.63) is 23.4 Å². The molecule has 7 heteroatoms. The second kappa shape index (κ2) is 6.76. The third-order valence-corrected chi connectivity index (χ3v) is 3.77. The SMILES string of the molecule is CCC(CC)(CO)CNc1nc(C(F)(F)F)ccc1C#N. The fraction of sp³-hybridized carbons (Fsp3) is 0.571. The first-order chi connectivity index (χ1) is 9.81. The van der Waals surface area contributed by atoms with Crippen molar-refractivity contribution < 1.29 is 18.3 Å². The zero-order valence-electron chi connectivity index (χ0n) is 12.0. The van der Waals surface area contributed by atoms with Crippen LogP contribution in [0.25, 0.3) is 0 Å². The normalized spacial score (nSPS) is 12.0. The summed E-state index contributed by atoms with van der Waals surface area (Å²) in [6, 6.07) is 3.68. The van der Waals surface area contributed by atoms with Crippen LogP contribution in [0.4, 0.5) is 19.0 Å². The number of aliphatic hydroxyl groups excluding tert-OH is 1. The molecule has 0 atom stereocenters. The number of nitrogens with zero attached hydrogens (tertiary/aromatic N) is 2. The van der Waals surface area contributed by atoms with Gasteiger partial charge in [0.05, 0.1) is 12.2 Å². The predicted molar refractivity (Wildman–Crippen MR) is 72.5 cm³/mol. The van der Waals surface area contributed by atoms with Crippen LogP contribution < -0.4 is 5.32 Å². The van der Waals surface area contributed by atoms with Crippen molar-refractivity contribution in [1.82, 2.24) is 4.98 Å². The van der Waals surface area contributed by atoms with Crippen molar-refractivity contribution in [2.75, 3.05) is 18.5 Å². The van der Waals surface area contributed by atoms with E-state index < -0.39 is 17.3 Å². The second-order valence-corrected chi connectivity index (χ2v) is 4.92. The van der Waals surface area contributed by atoms with Crippen molar-refractivity contribution in [2.24, 2.45) is 5.41 Å². The number of hydrogen-bond acceptors (Lipinski definition) is 4. The lowest BCUT2D eigenvalue weighted by molar-refractivity contribution is -0.141. The van der Waals surface area contributed by atoms with Crippen LogP contribution in [0.3, 0.4) is 0 Å². The summed E-state index contributed by atoms with van der Waals surface area (Å²) in [5.41, 5.74) is -1.45. The average Bonchev–Trinajstić information content (AvgIpc) is 2.48. The van der Waals surface area contributed by atoms with E-state index >= 15 is 0 Å². The van der Waals surface area contributed by atoms with E-state index in [1.165, 1.54) is 0 Å². The lowest BCUT2D eigenvalue weighted by Crippen LogP contribution is -2.32. The molecular formula is C14H18F3N3O. The average molecular weight is 301 g/mol. The molecule has 1 rings (SSSR count). The van der Waals surface area contributed by atoms with E-state index in [0.29, 0.717) is 12.8 Å². The Morgan fingerprint density at radius 1 is 1.29 bits per heavy atom. The van der Waals surface area contributed by atoms with Crippen LogP contribution in [-0.4, -0.2) is 23.2 Å². The van der Waals surface area contributed by atoms with Gasteiger partial charge in [-0.2, -0.15) is 18.4 Å². The first-order valence-electron chi connectivity index (χ1n) is 6.65. The van der Waals surface area contributed by atoms with Gasteiger partial charge in [-0.25, -0.2) is 4.98 Å². The molecule has 0 aliphatic carbocycles. The van der Waals surface area contributed by atoms with Crippen LogP contribution in [0.2, 0.25) is 0 Å². The monoisotopic (exact) mass is 301 g/mol. The van der Waals surface area contributed by atoms with Crippen LogP contribution >= 0.6 is 0 Å². The van der Waals surface area contributed by atoms with Gasteiger partial charge in [-0.1, -0.05) is 13.8 Å². The lowest BCUT2D eigenvalue weighted by Gasteiger charge is -2.30. The second-order valence-electron chi connectivity index (χ2n) is 4.92. The Labute approximate surface area is 121 Å². The smallest absolute Gasteiger partial charge is 0.396 e. The Kier molecular flexibility index (Phi) is 5.55. The number of anilines is 1. The van der Waals surface area contributed by atoms with E-state index in [1.54, 1.807) is 0 Å². The molecule has 0 saturated heterocycles. The van der Waals surface area contributed by atoms with E-state index in [9.17, 15) is 18.3 Å². The molecule has 0 spiro atoms. The van der Waals surface area contributed by atoms with Gasteiger partial charge < -0.3 is 10.4 Å². The van der Waals surface area contributed by atoms with E-state index in [4.69, 9.17) is 5.26 Å². The first-order valence-corrected chi connectivity index (χ1v) is 6.65. The number of hydrogen-bond donors (Lipinski definition) is 2. The molecule has 21 heavy (non-hydrogen) atoms. The molecule has 0 unspecified atom stereocenters. The topological polar surface area (TPSA) is 68.9 Å². The minimum absolute atomic E-state index is 0.0436. The summed E-state index contributed by atoms with van der Waals surface area (Å²) >= 11 is 0. The Hall–Kier alpha value is -1.81. The van der Waals surface area contributed by atoms with Gasteiger partial charge in [-0.15, -0.1) is 0 Å². The van der Waals surface area contributed by atoms with Crippen LogP contribution in [-0.2, 0) is 6.18 Å². The van der Waals surface area contributed by atoms with E-state index in [2.05, 4.69) is 10.3 Å². The Bertz CT molecular complexity index is 511. The number of nitrogens with one attached hydrogen (secondary N) is 1. The number of pyridine rings is 1. The molecule has 0 amide bonds. The fourth-order valence-electron chi connectivity index (χ4n) is 1.89. The predicted octanol–water partition coefficient (Wildman–Crippen LogP) is 3.18. The summed E-state index contributed by atoms with van der Waals surface area (Å²) in [4.78, 5) is 3.48. The van der Waals surface area contributed by atoms with Crippen LogP contribution in [0.15, 0.2) is 12.1 Å². The highest BCUT2D eigenvalue weighted by Gasteiger charge is 2.33. The van der Waals surface area contributed by atoms with Crippen molar-refractivity contribution in [1.29, 1.82) is 5.26 Å². The van der Waals surface area contributed by atoms with Gasteiger partial charge in [0.2, 0.25) is 0 Å². The maximum absolute atomic E-state index is 12.7. The van der Waals surface area contributed by atoms with Crippen LogP contribution in [0.1, 0.15) is 37.9 Å². The first kappa shape index (κ1) is 17.2. The molecule has 0 bridgehead atoms. The van der Waals surface area contributed by atoms with Gasteiger partial charge in [0.1, 0.15) is 17.6 Å². The third kappa shape index (κ3) is 4.08. The molecule has 0 aliphatic rings. The number of rotatable bonds is 6. The fourth-order valence-corrected chi connectivity index (χ4v) is 1.89. The third-order valence-electron chi connectivity index (χ3n) is 3.77. The highest BCUT2D eigenvalue weighted by atomic mass is 19.4. The molecule has 1 heterocycles. The number of aromatic nitrogens is 1. The Morgan fingerprint density at radius 3 is 2.33 bits per heavy atom. The molecule has 1 aromatic rings. The van der Waals surface area contributed by atoms with Crippen molar-refractivity contribution in [3.63, 3.8) is 0 Å². The molecule has 4 nitrogen and oxygen atoms in total. The van der Waals surface area contributed by atoms with E-state index in [0.717, 1.165) is 12.1 Å². The Morgan fingerprint density at radius 2 is 1.90 bits per heavy atom. The molecule has 0 fully saturated rings. The highest BCUT2D eigenvalue weighted by Crippen LogP contribution is 2.30. The Balaban J connectivity index is 3.04. The molecule has 0 saturated carbocycles. The van der Waals surface area contributed by atoms with Gasteiger partial charge in [-0.3, -0.25) is 0 Å². The number of aliphatic hydroxyl groups is 1. The van der Waals surface area contributed by atoms with Gasteiger partial charge >= 0.3 is 6.18 Å².